The van der Waals surface area contributed by atoms with Crippen LogP contribution in [0, 0.1) is 0 Å². The summed E-state index contributed by atoms with van der Waals surface area (Å²) in [6, 6.07) is 8.00. The van der Waals surface area contributed by atoms with Crippen molar-refractivity contribution in [2.45, 2.75) is 26.1 Å². The quantitative estimate of drug-likeness (QED) is 0.910. The van der Waals surface area contributed by atoms with Gasteiger partial charge in [0.25, 0.3) is 0 Å². The van der Waals surface area contributed by atoms with Crippen molar-refractivity contribution >= 4 is 0 Å². The maximum atomic E-state index is 6.40. The molecule has 0 amide bonds. The van der Waals surface area contributed by atoms with E-state index in [0.29, 0.717) is 6.61 Å². The van der Waals surface area contributed by atoms with Crippen LogP contribution in [0.3, 0.4) is 0 Å². The van der Waals surface area contributed by atoms with Gasteiger partial charge < -0.3 is 15.0 Å². The van der Waals surface area contributed by atoms with Crippen LogP contribution < -0.4 is 10.5 Å². The maximum Gasteiger partial charge on any atom is 0.124 e. The molecule has 2 N–H and O–H groups in total. The second-order valence-electron chi connectivity index (χ2n) is 5.35. The molecule has 0 saturated heterocycles. The highest BCUT2D eigenvalue weighted by molar-refractivity contribution is 5.36. The number of rotatable bonds is 5. The Morgan fingerprint density at radius 2 is 2.19 bits per heavy atom. The molecule has 1 aliphatic rings. The predicted octanol–water partition coefficient (Wildman–Crippen LogP) is 1.80. The van der Waals surface area contributed by atoms with Crippen molar-refractivity contribution in [1.82, 2.24) is 14.5 Å². The van der Waals surface area contributed by atoms with Gasteiger partial charge in [0.05, 0.1) is 13.2 Å². The first-order chi connectivity index (χ1) is 10.3. The lowest BCUT2D eigenvalue weighted by atomic mass is 10.1. The SMILES string of the molecule is CCOc1ccccc1C(N)CN1CCn2ccnc2C1. The Morgan fingerprint density at radius 1 is 1.33 bits per heavy atom. The fraction of sp³-hybridized carbons (Fsp3) is 0.438. The van der Waals surface area contributed by atoms with Crippen molar-refractivity contribution in [3.63, 3.8) is 0 Å². The topological polar surface area (TPSA) is 56.3 Å². The van der Waals surface area contributed by atoms with E-state index in [1.54, 1.807) is 0 Å². The lowest BCUT2D eigenvalue weighted by molar-refractivity contribution is 0.203. The van der Waals surface area contributed by atoms with Crippen LogP contribution >= 0.6 is 0 Å². The number of aromatic nitrogens is 2. The molecule has 0 fully saturated rings. The zero-order chi connectivity index (χ0) is 14.7. The molecule has 0 aliphatic carbocycles. The number of nitrogens with two attached hydrogens (primary N) is 1. The van der Waals surface area contributed by atoms with E-state index in [1.165, 1.54) is 0 Å². The molecule has 0 bridgehead atoms. The zero-order valence-electron chi connectivity index (χ0n) is 12.4. The molecule has 0 saturated carbocycles. The molecular weight excluding hydrogens is 264 g/mol. The number of fused-ring (bicyclic) bond motifs is 1. The third-order valence-electron chi connectivity index (χ3n) is 3.90. The van der Waals surface area contributed by atoms with Crippen molar-refractivity contribution in [1.29, 1.82) is 0 Å². The average molecular weight is 286 g/mol. The van der Waals surface area contributed by atoms with Crippen molar-refractivity contribution in [2.24, 2.45) is 5.73 Å². The van der Waals surface area contributed by atoms with Crippen LogP contribution in [0.1, 0.15) is 24.4 Å². The minimum Gasteiger partial charge on any atom is -0.494 e. The summed E-state index contributed by atoms with van der Waals surface area (Å²) in [6.45, 7) is 6.31. The molecule has 2 heterocycles. The summed E-state index contributed by atoms with van der Waals surface area (Å²) in [6.07, 6.45) is 3.90. The van der Waals surface area contributed by atoms with Crippen LogP contribution in [0.2, 0.25) is 0 Å². The number of hydrogen-bond donors (Lipinski definition) is 1. The first-order valence-corrected chi connectivity index (χ1v) is 7.47. The van der Waals surface area contributed by atoms with E-state index in [9.17, 15) is 0 Å². The number of ether oxygens (including phenoxy) is 1. The summed E-state index contributed by atoms with van der Waals surface area (Å²) in [5.74, 6) is 2.01. The Morgan fingerprint density at radius 3 is 3.05 bits per heavy atom. The minimum atomic E-state index is -0.0470. The highest BCUT2D eigenvalue weighted by atomic mass is 16.5. The van der Waals surface area contributed by atoms with Gasteiger partial charge in [-0.15, -0.1) is 0 Å². The van der Waals surface area contributed by atoms with Crippen LogP contribution in [-0.2, 0) is 13.1 Å². The third kappa shape index (κ3) is 3.09. The van der Waals surface area contributed by atoms with Gasteiger partial charge in [-0.05, 0) is 13.0 Å². The molecular formula is C16H22N4O. The van der Waals surface area contributed by atoms with Gasteiger partial charge in [0.1, 0.15) is 11.6 Å². The first kappa shape index (κ1) is 14.1. The van der Waals surface area contributed by atoms with E-state index in [2.05, 4.69) is 20.5 Å². The molecule has 2 aromatic rings. The molecule has 1 aliphatic heterocycles. The van der Waals surface area contributed by atoms with Crippen LogP contribution in [0.15, 0.2) is 36.7 Å². The lowest BCUT2D eigenvalue weighted by Gasteiger charge is -2.30. The molecule has 3 rings (SSSR count). The predicted molar refractivity (Wildman–Crippen MR) is 82.0 cm³/mol. The highest BCUT2D eigenvalue weighted by Crippen LogP contribution is 2.25. The van der Waals surface area contributed by atoms with Gasteiger partial charge in [-0.1, -0.05) is 18.2 Å². The molecule has 1 atom stereocenters. The van der Waals surface area contributed by atoms with E-state index in [0.717, 1.165) is 43.3 Å². The number of imidazole rings is 1. The number of benzene rings is 1. The Labute approximate surface area is 125 Å². The van der Waals surface area contributed by atoms with Gasteiger partial charge in [0, 0.05) is 43.6 Å². The molecule has 112 valence electrons. The molecule has 0 radical (unpaired) electrons. The van der Waals surface area contributed by atoms with Gasteiger partial charge >= 0.3 is 0 Å². The maximum absolute atomic E-state index is 6.40. The van der Waals surface area contributed by atoms with Crippen molar-refractivity contribution in [3.8, 4) is 5.75 Å². The van der Waals surface area contributed by atoms with Gasteiger partial charge in [0.2, 0.25) is 0 Å². The average Bonchev–Trinajstić information content (AvgIpc) is 2.95. The van der Waals surface area contributed by atoms with Crippen molar-refractivity contribution in [2.75, 3.05) is 19.7 Å². The summed E-state index contributed by atoms with van der Waals surface area (Å²) >= 11 is 0. The third-order valence-corrected chi connectivity index (χ3v) is 3.90. The minimum absolute atomic E-state index is 0.0470. The monoisotopic (exact) mass is 286 g/mol. The standard InChI is InChI=1S/C16H22N4O/c1-2-21-15-6-4-3-5-13(15)14(17)11-19-9-10-20-8-7-18-16(20)12-19/h3-8,14H,2,9-12,17H2,1H3. The summed E-state index contributed by atoms with van der Waals surface area (Å²) in [4.78, 5) is 6.75. The van der Waals surface area contributed by atoms with Crippen molar-refractivity contribution < 1.29 is 4.74 Å². The highest BCUT2D eigenvalue weighted by Gasteiger charge is 2.20. The number of para-hydroxylation sites is 1. The number of hydrogen-bond acceptors (Lipinski definition) is 4. The Balaban J connectivity index is 1.68. The van der Waals surface area contributed by atoms with E-state index < -0.39 is 0 Å². The van der Waals surface area contributed by atoms with E-state index >= 15 is 0 Å². The molecule has 1 aromatic carbocycles. The molecule has 1 aromatic heterocycles. The number of nitrogens with zero attached hydrogens (tertiary/aromatic N) is 3. The summed E-state index contributed by atoms with van der Waals surface area (Å²) in [5.41, 5.74) is 7.48. The molecule has 5 nitrogen and oxygen atoms in total. The van der Waals surface area contributed by atoms with Gasteiger partial charge in [-0.25, -0.2) is 4.98 Å². The smallest absolute Gasteiger partial charge is 0.124 e. The van der Waals surface area contributed by atoms with Crippen LogP contribution in [0.4, 0.5) is 0 Å². The first-order valence-electron chi connectivity index (χ1n) is 7.47. The molecule has 5 heteroatoms. The van der Waals surface area contributed by atoms with Gasteiger partial charge in [-0.2, -0.15) is 0 Å². The Kier molecular flexibility index (Phi) is 4.22. The van der Waals surface area contributed by atoms with E-state index in [-0.39, 0.29) is 6.04 Å². The van der Waals surface area contributed by atoms with Crippen LogP contribution in [0.5, 0.6) is 5.75 Å². The molecule has 21 heavy (non-hydrogen) atoms. The lowest BCUT2D eigenvalue weighted by Crippen LogP contribution is -2.38. The van der Waals surface area contributed by atoms with Gasteiger partial charge in [-0.3, -0.25) is 4.90 Å². The van der Waals surface area contributed by atoms with E-state index in [4.69, 9.17) is 10.5 Å². The van der Waals surface area contributed by atoms with Crippen LogP contribution in [-0.4, -0.2) is 34.1 Å². The fourth-order valence-electron chi connectivity index (χ4n) is 2.83. The van der Waals surface area contributed by atoms with Gasteiger partial charge in [0.15, 0.2) is 0 Å². The summed E-state index contributed by atoms with van der Waals surface area (Å²) < 4.78 is 7.88. The second-order valence-corrected chi connectivity index (χ2v) is 5.35. The molecule has 0 spiro atoms. The normalized spacial score (nSPS) is 16.5. The molecule has 1 unspecified atom stereocenters. The Bertz CT molecular complexity index is 595. The summed E-state index contributed by atoms with van der Waals surface area (Å²) in [7, 11) is 0. The summed E-state index contributed by atoms with van der Waals surface area (Å²) in [5, 5.41) is 0. The second kappa shape index (κ2) is 6.28. The largest absolute Gasteiger partial charge is 0.494 e. The zero-order valence-corrected chi connectivity index (χ0v) is 12.4. The van der Waals surface area contributed by atoms with Crippen molar-refractivity contribution in [3.05, 3.63) is 48.0 Å². The fourth-order valence-corrected chi connectivity index (χ4v) is 2.83. The Hall–Kier alpha value is -1.85. The van der Waals surface area contributed by atoms with Crippen LogP contribution in [0.25, 0.3) is 0 Å². The van der Waals surface area contributed by atoms with E-state index in [1.807, 2.05) is 37.5 Å².